The Bertz CT molecular complexity index is 732. The van der Waals surface area contributed by atoms with E-state index < -0.39 is 5.54 Å². The van der Waals surface area contributed by atoms with Gasteiger partial charge in [-0.15, -0.1) is 0 Å². The van der Waals surface area contributed by atoms with Crippen molar-refractivity contribution in [2.45, 2.75) is 51.1 Å². The van der Waals surface area contributed by atoms with Gasteiger partial charge in [0.05, 0.1) is 5.75 Å². The van der Waals surface area contributed by atoms with Crippen LogP contribution < -0.4 is 0 Å². The monoisotopic (exact) mass is 417 g/mol. The summed E-state index contributed by atoms with van der Waals surface area (Å²) in [5.41, 5.74) is 0.194. The van der Waals surface area contributed by atoms with Gasteiger partial charge in [0.25, 0.3) is 5.91 Å². The van der Waals surface area contributed by atoms with Crippen LogP contribution in [0.3, 0.4) is 0 Å². The summed E-state index contributed by atoms with van der Waals surface area (Å²) in [5, 5.41) is 0. The van der Waals surface area contributed by atoms with E-state index in [4.69, 9.17) is 0 Å². The first-order valence-corrected chi connectivity index (χ1v) is 11.9. The summed E-state index contributed by atoms with van der Waals surface area (Å²) in [6.07, 6.45) is 5.81. The van der Waals surface area contributed by atoms with Crippen molar-refractivity contribution in [3.63, 3.8) is 0 Å². The number of likely N-dealkylation sites (tertiary alicyclic amines) is 1. The van der Waals surface area contributed by atoms with Gasteiger partial charge in [-0.25, -0.2) is 4.79 Å². The second kappa shape index (κ2) is 9.65. The van der Waals surface area contributed by atoms with Crippen LogP contribution in [0.15, 0.2) is 30.3 Å². The molecule has 0 unspecified atom stereocenters. The molecule has 0 aliphatic carbocycles. The first kappa shape index (κ1) is 21.7. The average Bonchev–Trinajstić information content (AvgIpc) is 2.92. The molecule has 7 heteroatoms. The van der Waals surface area contributed by atoms with Crippen LogP contribution in [-0.4, -0.2) is 69.7 Å². The van der Waals surface area contributed by atoms with Crippen molar-refractivity contribution >= 4 is 29.6 Å². The molecule has 0 aromatic heterocycles. The second-order valence-corrected chi connectivity index (χ2v) is 8.73. The number of carbonyl (C=O) groups is 3. The van der Waals surface area contributed by atoms with Crippen LogP contribution in [0, 0.1) is 0 Å². The Morgan fingerprint density at radius 3 is 2.41 bits per heavy atom. The molecular formula is C22H31N3O3S. The summed E-state index contributed by atoms with van der Waals surface area (Å²) in [5.74, 6) is 0.488. The van der Waals surface area contributed by atoms with E-state index in [1.807, 2.05) is 41.5 Å². The lowest BCUT2D eigenvalue weighted by molar-refractivity contribution is -0.140. The van der Waals surface area contributed by atoms with E-state index in [2.05, 4.69) is 6.92 Å². The lowest BCUT2D eigenvalue weighted by Gasteiger charge is -2.42. The van der Waals surface area contributed by atoms with Crippen molar-refractivity contribution in [2.75, 3.05) is 31.6 Å². The number of hydrogen-bond donors (Lipinski definition) is 0. The summed E-state index contributed by atoms with van der Waals surface area (Å²) in [4.78, 5) is 44.0. The van der Waals surface area contributed by atoms with Crippen molar-refractivity contribution in [2.24, 2.45) is 0 Å². The number of hydrogen-bond acceptors (Lipinski definition) is 4. The van der Waals surface area contributed by atoms with Crippen molar-refractivity contribution in [3.05, 3.63) is 35.9 Å². The fourth-order valence-electron chi connectivity index (χ4n) is 4.31. The SMILES string of the molecule is CCCCCN1C(=O)N(Cc2ccccc2)C2(CCN(C(=O)CSC)CC2)C1=O. The van der Waals surface area contributed by atoms with Crippen LogP contribution >= 0.6 is 11.8 Å². The van der Waals surface area contributed by atoms with Gasteiger partial charge >= 0.3 is 6.03 Å². The molecule has 2 fully saturated rings. The van der Waals surface area contributed by atoms with Gasteiger partial charge in [-0.1, -0.05) is 50.1 Å². The molecule has 4 amide bonds. The van der Waals surface area contributed by atoms with Crippen LogP contribution in [0.4, 0.5) is 4.79 Å². The van der Waals surface area contributed by atoms with Crippen molar-refractivity contribution in [1.29, 1.82) is 0 Å². The van der Waals surface area contributed by atoms with Gasteiger partial charge in [0.15, 0.2) is 0 Å². The summed E-state index contributed by atoms with van der Waals surface area (Å²) in [6.45, 7) is 4.05. The lowest BCUT2D eigenvalue weighted by atomic mass is 9.85. The molecule has 2 saturated heterocycles. The molecule has 2 heterocycles. The van der Waals surface area contributed by atoms with Gasteiger partial charge in [-0.3, -0.25) is 14.5 Å². The molecule has 0 saturated carbocycles. The fourth-order valence-corrected chi connectivity index (χ4v) is 4.74. The summed E-state index contributed by atoms with van der Waals surface area (Å²) in [7, 11) is 0. The molecule has 2 aliphatic rings. The van der Waals surface area contributed by atoms with E-state index >= 15 is 0 Å². The number of imide groups is 1. The Labute approximate surface area is 177 Å². The van der Waals surface area contributed by atoms with Crippen molar-refractivity contribution < 1.29 is 14.4 Å². The molecule has 1 aromatic rings. The lowest BCUT2D eigenvalue weighted by Crippen LogP contribution is -2.57. The second-order valence-electron chi connectivity index (χ2n) is 7.86. The van der Waals surface area contributed by atoms with E-state index in [0.29, 0.717) is 44.8 Å². The topological polar surface area (TPSA) is 60.9 Å². The molecule has 0 radical (unpaired) electrons. The third-order valence-electron chi connectivity index (χ3n) is 6.00. The first-order chi connectivity index (χ1) is 14.0. The molecule has 2 aliphatic heterocycles. The highest BCUT2D eigenvalue weighted by atomic mass is 32.2. The maximum atomic E-state index is 13.4. The summed E-state index contributed by atoms with van der Waals surface area (Å²) >= 11 is 1.51. The third kappa shape index (κ3) is 4.44. The normalized spacial score (nSPS) is 18.8. The number of nitrogens with zero attached hydrogens (tertiary/aromatic N) is 3. The van der Waals surface area contributed by atoms with Gasteiger partial charge in [-0.05, 0) is 31.1 Å². The van der Waals surface area contributed by atoms with Crippen LogP contribution in [0.1, 0.15) is 44.6 Å². The number of benzene rings is 1. The summed E-state index contributed by atoms with van der Waals surface area (Å²) in [6, 6.07) is 9.65. The number of thioether (sulfide) groups is 1. The minimum atomic E-state index is -0.824. The average molecular weight is 418 g/mol. The molecule has 158 valence electrons. The van der Waals surface area contributed by atoms with Gasteiger partial charge < -0.3 is 9.80 Å². The number of piperidine rings is 1. The largest absolute Gasteiger partial charge is 0.342 e. The van der Waals surface area contributed by atoms with Gasteiger partial charge in [0.1, 0.15) is 5.54 Å². The number of rotatable bonds is 8. The Kier molecular flexibility index (Phi) is 7.22. The number of amides is 4. The summed E-state index contributed by atoms with van der Waals surface area (Å²) < 4.78 is 0. The molecule has 0 atom stereocenters. The Hall–Kier alpha value is -2.02. The Morgan fingerprint density at radius 1 is 1.10 bits per heavy atom. The predicted octanol–water partition coefficient (Wildman–Crippen LogP) is 3.37. The van der Waals surface area contributed by atoms with E-state index in [0.717, 1.165) is 24.8 Å². The number of urea groups is 1. The van der Waals surface area contributed by atoms with Crippen LogP contribution in [-0.2, 0) is 16.1 Å². The van der Waals surface area contributed by atoms with Crippen molar-refractivity contribution in [1.82, 2.24) is 14.7 Å². The van der Waals surface area contributed by atoms with Crippen LogP contribution in [0.25, 0.3) is 0 Å². The molecule has 3 rings (SSSR count). The maximum absolute atomic E-state index is 13.4. The highest BCUT2D eigenvalue weighted by molar-refractivity contribution is 7.99. The van der Waals surface area contributed by atoms with E-state index in [9.17, 15) is 14.4 Å². The number of unbranched alkanes of at least 4 members (excludes halogenated alkanes) is 2. The molecule has 0 N–H and O–H groups in total. The zero-order valence-corrected chi connectivity index (χ0v) is 18.2. The minimum Gasteiger partial charge on any atom is -0.342 e. The van der Waals surface area contributed by atoms with Crippen molar-refractivity contribution in [3.8, 4) is 0 Å². The minimum absolute atomic E-state index is 0.0773. The maximum Gasteiger partial charge on any atom is 0.327 e. The predicted molar refractivity (Wildman–Crippen MR) is 116 cm³/mol. The molecule has 1 aromatic carbocycles. The molecular weight excluding hydrogens is 386 g/mol. The Morgan fingerprint density at radius 2 is 1.79 bits per heavy atom. The van der Waals surface area contributed by atoms with Gasteiger partial charge in [-0.2, -0.15) is 11.8 Å². The standard InChI is InChI=1S/C22H31N3O3S/c1-3-4-8-13-24-20(27)22(11-14-23(15-12-22)19(26)17-29-2)25(21(24)28)16-18-9-6-5-7-10-18/h5-7,9-10H,3-4,8,11-17H2,1-2H3. The zero-order valence-electron chi connectivity index (χ0n) is 17.4. The molecule has 0 bridgehead atoms. The highest BCUT2D eigenvalue weighted by Gasteiger charge is 2.57. The highest BCUT2D eigenvalue weighted by Crippen LogP contribution is 2.38. The van der Waals surface area contributed by atoms with Crippen LogP contribution in [0.5, 0.6) is 0 Å². The fraction of sp³-hybridized carbons (Fsp3) is 0.591. The molecule has 1 spiro atoms. The quantitative estimate of drug-likeness (QED) is 0.481. The zero-order chi connectivity index (χ0) is 20.9. The van der Waals surface area contributed by atoms with Crippen LogP contribution in [0.2, 0.25) is 0 Å². The van der Waals surface area contributed by atoms with Gasteiger partial charge in [0.2, 0.25) is 5.91 Å². The smallest absolute Gasteiger partial charge is 0.327 e. The van der Waals surface area contributed by atoms with E-state index in [-0.39, 0.29) is 17.8 Å². The van der Waals surface area contributed by atoms with E-state index in [1.165, 1.54) is 16.7 Å². The molecule has 6 nitrogen and oxygen atoms in total. The number of carbonyl (C=O) groups excluding carboxylic acids is 3. The molecule has 29 heavy (non-hydrogen) atoms. The first-order valence-electron chi connectivity index (χ1n) is 10.5. The van der Waals surface area contributed by atoms with E-state index in [1.54, 1.807) is 4.90 Å². The third-order valence-corrected chi connectivity index (χ3v) is 6.54. The Balaban J connectivity index is 1.82. The van der Waals surface area contributed by atoms with Gasteiger partial charge in [0, 0.05) is 26.2 Å².